The molecule has 29 heavy (non-hydrogen) atoms. The first-order valence-electron chi connectivity index (χ1n) is 8.72. The number of benzene rings is 1. The topological polar surface area (TPSA) is 66.5 Å². The van der Waals surface area contributed by atoms with E-state index in [9.17, 15) is 13.2 Å². The Morgan fingerprint density at radius 3 is 2.79 bits per heavy atom. The number of halogens is 4. The Labute approximate surface area is 169 Å². The van der Waals surface area contributed by atoms with Crippen LogP contribution in [0.2, 0.25) is 5.02 Å². The van der Waals surface area contributed by atoms with E-state index in [1.165, 1.54) is 6.07 Å². The van der Waals surface area contributed by atoms with Gasteiger partial charge in [-0.1, -0.05) is 23.7 Å². The first kappa shape index (κ1) is 19.2. The highest BCUT2D eigenvalue weighted by molar-refractivity contribution is 6.31. The predicted molar refractivity (Wildman–Crippen MR) is 105 cm³/mol. The van der Waals surface area contributed by atoms with Crippen LogP contribution in [0, 0.1) is 0 Å². The van der Waals surface area contributed by atoms with Crippen LogP contribution >= 0.6 is 11.6 Å². The van der Waals surface area contributed by atoms with Crippen LogP contribution in [0.15, 0.2) is 55.0 Å². The van der Waals surface area contributed by atoms with E-state index in [4.69, 9.17) is 11.6 Å². The minimum Gasteiger partial charge on any atom is -0.350 e. The Morgan fingerprint density at radius 1 is 1.10 bits per heavy atom. The van der Waals surface area contributed by atoms with E-state index >= 15 is 0 Å². The van der Waals surface area contributed by atoms with Crippen molar-refractivity contribution in [1.82, 2.24) is 19.9 Å². The Balaban J connectivity index is 1.48. The lowest BCUT2D eigenvalue weighted by Crippen LogP contribution is -2.08. The third-order valence-corrected chi connectivity index (χ3v) is 4.58. The van der Waals surface area contributed by atoms with Crippen molar-refractivity contribution in [3.05, 3.63) is 82.4 Å². The molecule has 0 saturated carbocycles. The van der Waals surface area contributed by atoms with Crippen LogP contribution in [0.3, 0.4) is 0 Å². The fourth-order valence-corrected chi connectivity index (χ4v) is 3.15. The van der Waals surface area contributed by atoms with E-state index in [2.05, 4.69) is 25.3 Å². The number of H-pyrrole nitrogens is 1. The standard InChI is InChI=1S/C20H15ClF3N5/c21-15-8-17-13(10-26-18(17)27-11-15)7-16-4-5-25-19(29-16)28-9-12-2-1-3-14(6-12)20(22,23)24/h1-6,8,10-11H,7,9H2,(H,26,27)(H,25,28,29). The molecule has 0 unspecified atom stereocenters. The van der Waals surface area contributed by atoms with Gasteiger partial charge < -0.3 is 10.3 Å². The van der Waals surface area contributed by atoms with E-state index in [1.54, 1.807) is 24.5 Å². The summed E-state index contributed by atoms with van der Waals surface area (Å²) in [6, 6.07) is 8.78. The number of aromatic amines is 1. The summed E-state index contributed by atoms with van der Waals surface area (Å²) in [5.41, 5.74) is 2.29. The van der Waals surface area contributed by atoms with E-state index in [0.29, 0.717) is 23.0 Å². The highest BCUT2D eigenvalue weighted by atomic mass is 35.5. The average molecular weight is 418 g/mol. The summed E-state index contributed by atoms with van der Waals surface area (Å²) in [5, 5.41) is 4.43. The smallest absolute Gasteiger partial charge is 0.350 e. The van der Waals surface area contributed by atoms with E-state index in [0.717, 1.165) is 34.4 Å². The van der Waals surface area contributed by atoms with Gasteiger partial charge in [0.1, 0.15) is 5.65 Å². The summed E-state index contributed by atoms with van der Waals surface area (Å²) in [4.78, 5) is 15.9. The summed E-state index contributed by atoms with van der Waals surface area (Å²) in [6.07, 6.45) is 1.19. The number of fused-ring (bicyclic) bond motifs is 1. The molecule has 4 rings (SSSR count). The van der Waals surface area contributed by atoms with Gasteiger partial charge in [0.05, 0.1) is 16.3 Å². The van der Waals surface area contributed by atoms with Crippen molar-refractivity contribution < 1.29 is 13.2 Å². The maximum Gasteiger partial charge on any atom is 0.416 e. The molecule has 3 heterocycles. The molecule has 5 nitrogen and oxygen atoms in total. The third-order valence-electron chi connectivity index (χ3n) is 4.37. The molecule has 0 bridgehead atoms. The molecule has 0 atom stereocenters. The first-order chi connectivity index (χ1) is 13.9. The van der Waals surface area contributed by atoms with Gasteiger partial charge in [0.25, 0.3) is 0 Å². The molecule has 0 saturated heterocycles. The predicted octanol–water partition coefficient (Wildman–Crippen LogP) is 5.23. The normalized spacial score (nSPS) is 11.7. The van der Waals surface area contributed by atoms with E-state index in [1.807, 2.05) is 12.3 Å². The summed E-state index contributed by atoms with van der Waals surface area (Å²) in [5.74, 6) is 0.343. The SMILES string of the molecule is FC(F)(F)c1cccc(CNc2nccc(Cc3c[nH]c4ncc(Cl)cc34)n2)c1. The van der Waals surface area contributed by atoms with Gasteiger partial charge in [0.15, 0.2) is 0 Å². The Hall–Kier alpha value is -3.13. The van der Waals surface area contributed by atoms with Crippen molar-refractivity contribution in [2.75, 3.05) is 5.32 Å². The Bertz CT molecular complexity index is 1160. The monoisotopic (exact) mass is 417 g/mol. The molecule has 9 heteroatoms. The van der Waals surface area contributed by atoms with Gasteiger partial charge in [-0.2, -0.15) is 13.2 Å². The van der Waals surface area contributed by atoms with Crippen LogP contribution in [0.5, 0.6) is 0 Å². The second kappa shape index (κ2) is 7.71. The Kier molecular flexibility index (Phi) is 5.10. The van der Waals surface area contributed by atoms with Crippen molar-refractivity contribution in [3.63, 3.8) is 0 Å². The summed E-state index contributed by atoms with van der Waals surface area (Å²) in [7, 11) is 0. The van der Waals surface area contributed by atoms with E-state index < -0.39 is 11.7 Å². The van der Waals surface area contributed by atoms with Gasteiger partial charge in [0.2, 0.25) is 5.95 Å². The van der Waals surface area contributed by atoms with Gasteiger partial charge >= 0.3 is 6.18 Å². The molecule has 0 amide bonds. The van der Waals surface area contributed by atoms with Gasteiger partial charge in [-0.25, -0.2) is 15.0 Å². The summed E-state index contributed by atoms with van der Waals surface area (Å²) < 4.78 is 38.5. The number of nitrogens with one attached hydrogen (secondary N) is 2. The molecule has 0 aliphatic carbocycles. The molecule has 0 spiro atoms. The van der Waals surface area contributed by atoms with Gasteiger partial charge in [-0.05, 0) is 35.4 Å². The number of rotatable bonds is 5. The molecular formula is C20H15ClF3N5. The van der Waals surface area contributed by atoms with Crippen molar-refractivity contribution in [2.24, 2.45) is 0 Å². The minimum atomic E-state index is -4.37. The first-order valence-corrected chi connectivity index (χ1v) is 9.10. The summed E-state index contributed by atoms with van der Waals surface area (Å²) in [6.45, 7) is 0.181. The maximum absolute atomic E-state index is 12.8. The molecule has 1 aromatic carbocycles. The lowest BCUT2D eigenvalue weighted by Gasteiger charge is -2.10. The highest BCUT2D eigenvalue weighted by Gasteiger charge is 2.30. The maximum atomic E-state index is 12.8. The number of nitrogens with zero attached hydrogens (tertiary/aromatic N) is 3. The van der Waals surface area contributed by atoms with Crippen molar-refractivity contribution in [1.29, 1.82) is 0 Å². The molecule has 148 valence electrons. The quantitative estimate of drug-likeness (QED) is 0.466. The number of aromatic nitrogens is 4. The molecular weight excluding hydrogens is 403 g/mol. The molecule has 0 aliphatic rings. The molecule has 4 aromatic rings. The zero-order valence-corrected chi connectivity index (χ0v) is 15.7. The van der Waals surface area contributed by atoms with Crippen LogP contribution in [0.25, 0.3) is 11.0 Å². The van der Waals surface area contributed by atoms with Crippen LogP contribution in [0.1, 0.15) is 22.4 Å². The van der Waals surface area contributed by atoms with Gasteiger partial charge in [0, 0.05) is 36.9 Å². The minimum absolute atomic E-state index is 0.181. The number of pyridine rings is 1. The molecule has 0 fully saturated rings. The van der Waals surface area contributed by atoms with Crippen LogP contribution in [-0.2, 0) is 19.1 Å². The highest BCUT2D eigenvalue weighted by Crippen LogP contribution is 2.29. The summed E-state index contributed by atoms with van der Waals surface area (Å²) >= 11 is 6.03. The average Bonchev–Trinajstić information content (AvgIpc) is 3.08. The molecule has 2 N–H and O–H groups in total. The lowest BCUT2D eigenvalue weighted by molar-refractivity contribution is -0.137. The number of hydrogen-bond donors (Lipinski definition) is 2. The zero-order valence-electron chi connectivity index (χ0n) is 15.0. The molecule has 3 aromatic heterocycles. The van der Waals surface area contributed by atoms with Gasteiger partial charge in [-0.3, -0.25) is 0 Å². The second-order valence-corrected chi connectivity index (χ2v) is 6.90. The largest absolute Gasteiger partial charge is 0.416 e. The van der Waals surface area contributed by atoms with Crippen LogP contribution in [-0.4, -0.2) is 19.9 Å². The fraction of sp³-hybridized carbons (Fsp3) is 0.150. The van der Waals surface area contributed by atoms with Crippen LogP contribution < -0.4 is 5.32 Å². The fourth-order valence-electron chi connectivity index (χ4n) is 2.99. The Morgan fingerprint density at radius 2 is 1.97 bits per heavy atom. The third kappa shape index (κ3) is 4.48. The van der Waals surface area contributed by atoms with Crippen molar-refractivity contribution in [2.45, 2.75) is 19.1 Å². The number of anilines is 1. The zero-order chi connectivity index (χ0) is 20.4. The van der Waals surface area contributed by atoms with E-state index in [-0.39, 0.29) is 6.54 Å². The molecule has 0 radical (unpaired) electrons. The number of alkyl halides is 3. The van der Waals surface area contributed by atoms with Crippen molar-refractivity contribution >= 4 is 28.6 Å². The van der Waals surface area contributed by atoms with Gasteiger partial charge in [-0.15, -0.1) is 0 Å². The van der Waals surface area contributed by atoms with Crippen molar-refractivity contribution in [3.8, 4) is 0 Å². The number of hydrogen-bond acceptors (Lipinski definition) is 4. The molecule has 0 aliphatic heterocycles. The lowest BCUT2D eigenvalue weighted by atomic mass is 10.1. The van der Waals surface area contributed by atoms with Crippen LogP contribution in [0.4, 0.5) is 19.1 Å². The second-order valence-electron chi connectivity index (χ2n) is 6.46.